The topological polar surface area (TPSA) is 112 Å². The van der Waals surface area contributed by atoms with Crippen LogP contribution in [-0.4, -0.2) is 42.8 Å². The molecule has 0 spiro atoms. The second-order valence-electron chi connectivity index (χ2n) is 7.36. The molecule has 1 aliphatic heterocycles. The Balaban J connectivity index is 0.00000121. The van der Waals surface area contributed by atoms with Crippen LogP contribution in [0.4, 0.5) is 22.0 Å². The number of alkyl halides is 3. The monoisotopic (exact) mass is 540 g/mol. The van der Waals surface area contributed by atoms with E-state index >= 15 is 0 Å². The maximum Gasteiger partial charge on any atom is 0.422 e. The summed E-state index contributed by atoms with van der Waals surface area (Å²) < 4.78 is 82.3. The normalized spacial score (nSPS) is 14.2. The number of fused-ring (bicyclic) bond motifs is 1. The molecule has 204 valence electrons. The lowest BCUT2D eigenvalue weighted by Crippen LogP contribution is -2.19. The van der Waals surface area contributed by atoms with E-state index in [-0.39, 0.29) is 41.1 Å². The van der Waals surface area contributed by atoms with Gasteiger partial charge >= 0.3 is 6.18 Å². The molecule has 2 aromatic heterocycles. The second kappa shape index (κ2) is 13.9. The standard InChI is InChI=1S/C23H18F5N3O3.CH5N.CH2O/c24-15-10-17-14(6-9-32-21(17)18(25)11-15)5-8-31-12-16(3-4-20(31)29)34-22-19(2-1-7-30-22)33-13-23(26,27)28;2*1-2/h1-5,7-8,10-12,14,29H,6,9,13H2;2H2,1H3;1H2/b8-5+,29-20?;;. The predicted molar refractivity (Wildman–Crippen MR) is 128 cm³/mol. The smallest absolute Gasteiger partial charge is 0.422 e. The summed E-state index contributed by atoms with van der Waals surface area (Å²) in [5.74, 6) is -2.05. The summed E-state index contributed by atoms with van der Waals surface area (Å²) in [5.41, 5.74) is 4.93. The van der Waals surface area contributed by atoms with Crippen molar-refractivity contribution >= 4 is 13.0 Å². The van der Waals surface area contributed by atoms with Crippen LogP contribution in [0.25, 0.3) is 6.20 Å². The Morgan fingerprint density at radius 3 is 2.68 bits per heavy atom. The van der Waals surface area contributed by atoms with E-state index in [9.17, 15) is 22.0 Å². The molecule has 0 saturated carbocycles. The third-order valence-electron chi connectivity index (χ3n) is 4.88. The van der Waals surface area contributed by atoms with Crippen molar-refractivity contribution in [2.24, 2.45) is 5.73 Å². The molecule has 0 bridgehead atoms. The summed E-state index contributed by atoms with van der Waals surface area (Å²) in [4.78, 5) is 11.9. The molecular weight excluding hydrogens is 515 g/mol. The van der Waals surface area contributed by atoms with E-state index in [1.54, 1.807) is 6.08 Å². The molecule has 13 heteroatoms. The van der Waals surface area contributed by atoms with Crippen molar-refractivity contribution in [3.05, 3.63) is 77.6 Å². The molecule has 1 atom stereocenters. The predicted octanol–water partition coefficient (Wildman–Crippen LogP) is 4.80. The minimum atomic E-state index is -4.53. The van der Waals surface area contributed by atoms with Crippen LogP contribution in [0.15, 0.2) is 54.9 Å². The molecule has 0 fully saturated rings. The number of rotatable bonds is 6. The highest BCUT2D eigenvalue weighted by Gasteiger charge is 2.29. The highest BCUT2D eigenvalue weighted by atomic mass is 19.4. The van der Waals surface area contributed by atoms with Crippen LogP contribution in [0.3, 0.4) is 0 Å². The average Bonchev–Trinajstić information content (AvgIpc) is 2.90. The average molecular weight is 540 g/mol. The third kappa shape index (κ3) is 8.13. The molecule has 1 aliphatic rings. The van der Waals surface area contributed by atoms with Crippen LogP contribution in [0.1, 0.15) is 17.9 Å². The van der Waals surface area contributed by atoms with Crippen LogP contribution in [0.2, 0.25) is 0 Å². The summed E-state index contributed by atoms with van der Waals surface area (Å²) in [6, 6.07) is 7.53. The van der Waals surface area contributed by atoms with Gasteiger partial charge in [0.1, 0.15) is 23.8 Å². The Hall–Kier alpha value is -4.26. The Bertz CT molecular complexity index is 1300. The lowest BCUT2D eigenvalue weighted by molar-refractivity contribution is -0.153. The molecular formula is C25H25F5N4O4. The zero-order valence-corrected chi connectivity index (χ0v) is 20.2. The van der Waals surface area contributed by atoms with E-state index in [0.29, 0.717) is 12.0 Å². The maximum atomic E-state index is 14.0. The van der Waals surface area contributed by atoms with Gasteiger partial charge < -0.3 is 29.3 Å². The number of hydrogen-bond acceptors (Lipinski definition) is 7. The zero-order chi connectivity index (χ0) is 28.3. The summed E-state index contributed by atoms with van der Waals surface area (Å²) in [5, 5.41) is 8.10. The van der Waals surface area contributed by atoms with Crippen LogP contribution in [0.5, 0.6) is 23.1 Å². The van der Waals surface area contributed by atoms with Gasteiger partial charge in [0, 0.05) is 29.9 Å². The van der Waals surface area contributed by atoms with E-state index in [4.69, 9.17) is 24.4 Å². The highest BCUT2D eigenvalue weighted by Crippen LogP contribution is 2.37. The number of allylic oxidation sites excluding steroid dienone is 1. The van der Waals surface area contributed by atoms with E-state index in [1.165, 1.54) is 60.5 Å². The van der Waals surface area contributed by atoms with Crippen LogP contribution < -0.4 is 25.4 Å². The molecule has 4 rings (SSSR count). The Kier molecular flexibility index (Phi) is 10.9. The van der Waals surface area contributed by atoms with Gasteiger partial charge in [-0.1, -0.05) is 6.08 Å². The fourth-order valence-corrected chi connectivity index (χ4v) is 3.36. The molecule has 1 unspecified atom stereocenters. The van der Waals surface area contributed by atoms with E-state index < -0.39 is 24.4 Å². The van der Waals surface area contributed by atoms with Crippen molar-refractivity contribution < 1.29 is 41.0 Å². The summed E-state index contributed by atoms with van der Waals surface area (Å²) in [6.07, 6.45) is 1.93. The number of nitrogens with two attached hydrogens (primary N) is 1. The minimum Gasteiger partial charge on any atom is -0.490 e. The molecule has 0 aliphatic carbocycles. The summed E-state index contributed by atoms with van der Waals surface area (Å²) in [6.45, 7) is 0.740. The first-order chi connectivity index (χ1) is 18.2. The molecule has 38 heavy (non-hydrogen) atoms. The van der Waals surface area contributed by atoms with E-state index in [2.05, 4.69) is 10.7 Å². The van der Waals surface area contributed by atoms with Gasteiger partial charge in [-0.25, -0.2) is 13.8 Å². The molecule has 3 heterocycles. The van der Waals surface area contributed by atoms with Crippen molar-refractivity contribution in [3.63, 3.8) is 0 Å². The molecule has 0 amide bonds. The molecule has 1 aromatic carbocycles. The van der Waals surface area contributed by atoms with Crippen molar-refractivity contribution in [1.82, 2.24) is 9.55 Å². The molecule has 8 nitrogen and oxygen atoms in total. The first-order valence-electron chi connectivity index (χ1n) is 11.0. The molecule has 0 saturated heterocycles. The quantitative estimate of drug-likeness (QED) is 0.435. The zero-order valence-electron chi connectivity index (χ0n) is 20.2. The van der Waals surface area contributed by atoms with Gasteiger partial charge in [-0.05, 0) is 43.8 Å². The summed E-state index contributed by atoms with van der Waals surface area (Å²) >= 11 is 0. The van der Waals surface area contributed by atoms with Crippen LogP contribution >= 0.6 is 0 Å². The third-order valence-corrected chi connectivity index (χ3v) is 4.88. The van der Waals surface area contributed by atoms with Crippen molar-refractivity contribution in [3.8, 4) is 23.1 Å². The summed E-state index contributed by atoms with van der Waals surface area (Å²) in [7, 11) is 1.50. The first-order valence-corrected chi connectivity index (χ1v) is 11.0. The first kappa shape index (κ1) is 30.0. The molecule has 0 radical (unpaired) electrons. The number of ether oxygens (including phenoxy) is 3. The number of benzene rings is 1. The lowest BCUT2D eigenvalue weighted by atomic mass is 9.93. The molecule has 3 N–H and O–H groups in total. The van der Waals surface area contributed by atoms with Crippen molar-refractivity contribution in [1.29, 1.82) is 5.41 Å². The van der Waals surface area contributed by atoms with Crippen molar-refractivity contribution in [2.75, 3.05) is 20.3 Å². The minimum absolute atomic E-state index is 0.00276. The number of halogens is 5. The Labute approximate surface area is 214 Å². The van der Waals surface area contributed by atoms with Crippen molar-refractivity contribution in [2.45, 2.75) is 18.5 Å². The van der Waals surface area contributed by atoms with Gasteiger partial charge in [-0.15, -0.1) is 0 Å². The number of aromatic nitrogens is 2. The van der Waals surface area contributed by atoms with Crippen LogP contribution in [-0.2, 0) is 4.79 Å². The van der Waals surface area contributed by atoms with Gasteiger partial charge in [-0.2, -0.15) is 13.2 Å². The number of carbonyl (C=O) groups excluding carboxylic acids is 1. The Morgan fingerprint density at radius 2 is 1.97 bits per heavy atom. The van der Waals surface area contributed by atoms with Gasteiger partial charge in [-0.3, -0.25) is 5.41 Å². The number of carbonyl (C=O) groups is 1. The van der Waals surface area contributed by atoms with Gasteiger partial charge in [0.2, 0.25) is 0 Å². The Morgan fingerprint density at radius 1 is 1.24 bits per heavy atom. The largest absolute Gasteiger partial charge is 0.490 e. The second-order valence-corrected chi connectivity index (χ2v) is 7.36. The number of pyridine rings is 2. The highest BCUT2D eigenvalue weighted by molar-refractivity contribution is 5.44. The van der Waals surface area contributed by atoms with E-state index in [1.807, 2.05) is 6.79 Å². The van der Waals surface area contributed by atoms with Gasteiger partial charge in [0.15, 0.2) is 23.9 Å². The SMILES string of the molecule is C=O.CN.N=c1ccc(Oc2ncccc2OCC(F)(F)F)cn1/C=C/C1CCOc2c(F)cc(F)cc21. The number of hydrogen-bond donors (Lipinski definition) is 2. The molecule has 3 aromatic rings. The van der Waals surface area contributed by atoms with Crippen LogP contribution in [0, 0.1) is 17.0 Å². The fourth-order valence-electron chi connectivity index (χ4n) is 3.36. The number of nitrogens with zero attached hydrogens (tertiary/aromatic N) is 2. The maximum absolute atomic E-state index is 14.0. The van der Waals surface area contributed by atoms with Gasteiger partial charge in [0.05, 0.1) is 12.8 Å². The van der Waals surface area contributed by atoms with Gasteiger partial charge in [0.25, 0.3) is 5.88 Å². The van der Waals surface area contributed by atoms with E-state index in [0.717, 1.165) is 6.07 Å². The number of nitrogens with one attached hydrogen (secondary N) is 1. The lowest BCUT2D eigenvalue weighted by Gasteiger charge is -2.24. The fraction of sp³-hybridized carbons (Fsp3) is 0.240.